The molecule has 0 aliphatic rings. The molecule has 0 spiro atoms. The van der Waals surface area contributed by atoms with Gasteiger partial charge in [0.1, 0.15) is 0 Å². The molecular weight excluding hydrogens is 236 g/mol. The Balaban J connectivity index is 2.04. The molecule has 0 aliphatic heterocycles. The zero-order valence-electron chi connectivity index (χ0n) is 9.85. The Kier molecular flexibility index (Phi) is 4.14. The van der Waals surface area contributed by atoms with Crippen molar-refractivity contribution in [1.29, 1.82) is 0 Å². The summed E-state index contributed by atoms with van der Waals surface area (Å²) in [5.41, 5.74) is 2.15. The molecule has 2 rings (SSSR count). The van der Waals surface area contributed by atoms with Crippen molar-refractivity contribution in [3.8, 4) is 0 Å². The van der Waals surface area contributed by atoms with E-state index in [1.807, 2.05) is 12.1 Å². The summed E-state index contributed by atoms with van der Waals surface area (Å²) in [5, 5.41) is 21.0. The Labute approximate surface area is 103 Å². The lowest BCUT2D eigenvalue weighted by Gasteiger charge is -2.14. The van der Waals surface area contributed by atoms with Crippen molar-refractivity contribution in [2.24, 2.45) is 0 Å². The maximum absolute atomic E-state index is 11.0. The van der Waals surface area contributed by atoms with E-state index < -0.39 is 5.76 Å². The molecule has 2 aromatic rings. The molecule has 1 aromatic heterocycles. The Bertz CT molecular complexity index is 560. The minimum atomic E-state index is -0.469. The Hall–Kier alpha value is -1.63. The normalized spacial score (nSPS) is 13.0. The van der Waals surface area contributed by atoms with E-state index in [1.165, 1.54) is 0 Å². The summed E-state index contributed by atoms with van der Waals surface area (Å²) >= 11 is 0. The van der Waals surface area contributed by atoms with Crippen molar-refractivity contribution in [2.75, 3.05) is 13.2 Å². The molecular formula is C12H16N2O4. The van der Waals surface area contributed by atoms with Gasteiger partial charge in [0.05, 0.1) is 12.1 Å². The van der Waals surface area contributed by atoms with E-state index in [-0.39, 0.29) is 19.3 Å². The van der Waals surface area contributed by atoms with E-state index >= 15 is 0 Å². The first-order valence-corrected chi connectivity index (χ1v) is 5.80. The van der Waals surface area contributed by atoms with Crippen LogP contribution < -0.4 is 11.1 Å². The number of hydrogen-bond donors (Lipinski definition) is 4. The SMILES string of the molecule is O=c1[nH]c2cc(CNC(CO)CCO)ccc2o1. The summed E-state index contributed by atoms with van der Waals surface area (Å²) in [6.45, 7) is 0.562. The summed E-state index contributed by atoms with van der Waals surface area (Å²) in [5.74, 6) is -0.469. The Morgan fingerprint density at radius 2 is 2.22 bits per heavy atom. The molecule has 18 heavy (non-hydrogen) atoms. The molecule has 4 N–H and O–H groups in total. The molecule has 0 aliphatic carbocycles. The maximum atomic E-state index is 11.0. The van der Waals surface area contributed by atoms with Gasteiger partial charge in [0.2, 0.25) is 0 Å². The van der Waals surface area contributed by atoms with Gasteiger partial charge in [-0.05, 0) is 24.1 Å². The first-order valence-electron chi connectivity index (χ1n) is 5.80. The van der Waals surface area contributed by atoms with Crippen LogP contribution in [0.25, 0.3) is 11.1 Å². The zero-order valence-corrected chi connectivity index (χ0v) is 9.85. The molecule has 0 saturated carbocycles. The van der Waals surface area contributed by atoms with Crippen LogP contribution >= 0.6 is 0 Å². The Morgan fingerprint density at radius 3 is 2.94 bits per heavy atom. The highest BCUT2D eigenvalue weighted by Gasteiger charge is 2.07. The molecule has 1 heterocycles. The molecule has 6 nitrogen and oxygen atoms in total. The number of fused-ring (bicyclic) bond motifs is 1. The van der Waals surface area contributed by atoms with E-state index in [0.717, 1.165) is 5.56 Å². The lowest BCUT2D eigenvalue weighted by molar-refractivity contribution is 0.200. The number of rotatable bonds is 6. The highest BCUT2D eigenvalue weighted by atomic mass is 16.4. The van der Waals surface area contributed by atoms with E-state index in [4.69, 9.17) is 14.6 Å². The second kappa shape index (κ2) is 5.81. The lowest BCUT2D eigenvalue weighted by atomic mass is 10.1. The van der Waals surface area contributed by atoms with E-state index in [2.05, 4.69) is 10.3 Å². The summed E-state index contributed by atoms with van der Waals surface area (Å²) in [7, 11) is 0. The quantitative estimate of drug-likeness (QED) is 0.578. The highest BCUT2D eigenvalue weighted by molar-refractivity contribution is 5.72. The third kappa shape index (κ3) is 2.98. The topological polar surface area (TPSA) is 98.5 Å². The number of aromatic nitrogens is 1. The van der Waals surface area contributed by atoms with Gasteiger partial charge >= 0.3 is 5.76 Å². The fourth-order valence-electron chi connectivity index (χ4n) is 1.79. The standard InChI is InChI=1S/C12H16N2O4/c15-4-3-9(7-16)13-6-8-1-2-11-10(5-8)14-12(17)18-11/h1-2,5,9,13,15-16H,3-4,6-7H2,(H,14,17). The van der Waals surface area contributed by atoms with Gasteiger partial charge in [0.25, 0.3) is 0 Å². The molecule has 6 heteroatoms. The number of benzene rings is 1. The molecule has 1 atom stereocenters. The first kappa shape index (κ1) is 12.8. The summed E-state index contributed by atoms with van der Waals surface area (Å²) in [6.07, 6.45) is 0.501. The summed E-state index contributed by atoms with van der Waals surface area (Å²) in [4.78, 5) is 13.6. The van der Waals surface area contributed by atoms with E-state index in [9.17, 15) is 4.79 Å². The van der Waals surface area contributed by atoms with Gasteiger partial charge in [-0.3, -0.25) is 4.98 Å². The van der Waals surface area contributed by atoms with Gasteiger partial charge < -0.3 is 19.9 Å². The zero-order chi connectivity index (χ0) is 13.0. The van der Waals surface area contributed by atoms with E-state index in [1.54, 1.807) is 6.07 Å². The predicted molar refractivity (Wildman–Crippen MR) is 66.3 cm³/mol. The molecule has 1 aromatic carbocycles. The van der Waals surface area contributed by atoms with Crippen LogP contribution in [-0.4, -0.2) is 34.5 Å². The van der Waals surface area contributed by atoms with Gasteiger partial charge in [-0.25, -0.2) is 4.79 Å². The summed E-state index contributed by atoms with van der Waals surface area (Å²) < 4.78 is 4.90. The van der Waals surface area contributed by atoms with Crippen LogP contribution in [-0.2, 0) is 6.54 Å². The molecule has 0 saturated heterocycles. The van der Waals surface area contributed by atoms with Gasteiger partial charge in [-0.15, -0.1) is 0 Å². The average Bonchev–Trinajstić information content (AvgIpc) is 2.73. The number of H-pyrrole nitrogens is 1. The van der Waals surface area contributed by atoms with Crippen molar-refractivity contribution < 1.29 is 14.6 Å². The predicted octanol–water partition coefficient (Wildman–Crippen LogP) is -0.0460. The third-order valence-corrected chi connectivity index (χ3v) is 2.78. The maximum Gasteiger partial charge on any atom is 0.417 e. The second-order valence-electron chi connectivity index (χ2n) is 4.12. The van der Waals surface area contributed by atoms with Crippen LogP contribution in [0.2, 0.25) is 0 Å². The number of aliphatic hydroxyl groups is 2. The molecule has 0 fully saturated rings. The molecule has 0 radical (unpaired) electrons. The summed E-state index contributed by atoms with van der Waals surface area (Å²) in [6, 6.07) is 5.26. The van der Waals surface area contributed by atoms with Crippen LogP contribution in [0.4, 0.5) is 0 Å². The van der Waals surface area contributed by atoms with Crippen LogP contribution in [0.5, 0.6) is 0 Å². The van der Waals surface area contributed by atoms with Crippen molar-refractivity contribution in [1.82, 2.24) is 10.3 Å². The average molecular weight is 252 g/mol. The van der Waals surface area contributed by atoms with Crippen molar-refractivity contribution in [2.45, 2.75) is 19.0 Å². The highest BCUT2D eigenvalue weighted by Crippen LogP contribution is 2.12. The van der Waals surface area contributed by atoms with Gasteiger partial charge in [-0.2, -0.15) is 0 Å². The van der Waals surface area contributed by atoms with Crippen molar-refractivity contribution in [3.05, 3.63) is 34.3 Å². The van der Waals surface area contributed by atoms with Crippen LogP contribution in [0.15, 0.2) is 27.4 Å². The number of aliphatic hydroxyl groups excluding tert-OH is 2. The minimum absolute atomic E-state index is 0.0225. The van der Waals surface area contributed by atoms with Gasteiger partial charge in [-0.1, -0.05) is 6.07 Å². The molecule has 0 bridgehead atoms. The minimum Gasteiger partial charge on any atom is -0.408 e. The number of oxazole rings is 1. The van der Waals surface area contributed by atoms with Crippen molar-refractivity contribution >= 4 is 11.1 Å². The van der Waals surface area contributed by atoms with Gasteiger partial charge in [0.15, 0.2) is 5.58 Å². The largest absolute Gasteiger partial charge is 0.417 e. The van der Waals surface area contributed by atoms with E-state index in [0.29, 0.717) is 24.1 Å². The van der Waals surface area contributed by atoms with Crippen LogP contribution in [0.1, 0.15) is 12.0 Å². The fraction of sp³-hybridized carbons (Fsp3) is 0.417. The first-order chi connectivity index (χ1) is 8.72. The van der Waals surface area contributed by atoms with Crippen molar-refractivity contribution in [3.63, 3.8) is 0 Å². The van der Waals surface area contributed by atoms with Crippen LogP contribution in [0, 0.1) is 0 Å². The number of nitrogens with one attached hydrogen (secondary N) is 2. The lowest BCUT2D eigenvalue weighted by Crippen LogP contribution is -2.32. The number of aromatic amines is 1. The number of hydrogen-bond acceptors (Lipinski definition) is 5. The van der Waals surface area contributed by atoms with Crippen LogP contribution in [0.3, 0.4) is 0 Å². The smallest absolute Gasteiger partial charge is 0.408 e. The monoisotopic (exact) mass is 252 g/mol. The van der Waals surface area contributed by atoms with Gasteiger partial charge in [0, 0.05) is 19.2 Å². The second-order valence-corrected chi connectivity index (χ2v) is 4.12. The Morgan fingerprint density at radius 1 is 1.39 bits per heavy atom. The fourth-order valence-corrected chi connectivity index (χ4v) is 1.79. The molecule has 0 amide bonds. The molecule has 1 unspecified atom stereocenters. The molecule has 98 valence electrons. The third-order valence-electron chi connectivity index (χ3n) is 2.78.